The molecule has 0 aliphatic carbocycles. The molecule has 0 spiro atoms. The monoisotopic (exact) mass is 488 g/mol. The van der Waals surface area contributed by atoms with E-state index in [9.17, 15) is 9.90 Å². The molecular formula is C30H40N4O2. The molecular weight excluding hydrogens is 448 g/mol. The second-order valence-corrected chi connectivity index (χ2v) is 10.1. The van der Waals surface area contributed by atoms with Crippen molar-refractivity contribution in [2.45, 2.75) is 78.8 Å². The summed E-state index contributed by atoms with van der Waals surface area (Å²) in [6.07, 6.45) is 3.26. The molecule has 6 heteroatoms. The van der Waals surface area contributed by atoms with Crippen LogP contribution in [0.5, 0.6) is 5.75 Å². The van der Waals surface area contributed by atoms with E-state index in [-0.39, 0.29) is 16.9 Å². The molecule has 1 heterocycles. The van der Waals surface area contributed by atoms with Gasteiger partial charge in [0.05, 0.1) is 11.3 Å². The summed E-state index contributed by atoms with van der Waals surface area (Å²) in [7, 11) is 1.80. The average molecular weight is 489 g/mol. The highest BCUT2D eigenvalue weighted by Crippen LogP contribution is 2.29. The minimum Gasteiger partial charge on any atom is -0.506 e. The Bertz CT molecular complexity index is 1170. The zero-order chi connectivity index (χ0) is 26.9. The van der Waals surface area contributed by atoms with Crippen molar-refractivity contribution < 1.29 is 9.90 Å². The molecule has 3 rings (SSSR count). The lowest BCUT2D eigenvalue weighted by Crippen LogP contribution is -2.34. The first-order valence-electron chi connectivity index (χ1n) is 12.6. The summed E-state index contributed by atoms with van der Waals surface area (Å²) >= 11 is 0. The van der Waals surface area contributed by atoms with Gasteiger partial charge in [-0.1, -0.05) is 71.4 Å². The van der Waals surface area contributed by atoms with Gasteiger partial charge in [0.15, 0.2) is 5.78 Å². The predicted octanol–water partition coefficient (Wildman–Crippen LogP) is 6.77. The second kappa shape index (κ2) is 12.9. The van der Waals surface area contributed by atoms with Crippen LogP contribution in [0.2, 0.25) is 0 Å². The fourth-order valence-corrected chi connectivity index (χ4v) is 4.08. The van der Waals surface area contributed by atoms with Crippen LogP contribution in [-0.2, 0) is 19.0 Å². The van der Waals surface area contributed by atoms with Crippen molar-refractivity contribution in [2.24, 2.45) is 7.05 Å². The summed E-state index contributed by atoms with van der Waals surface area (Å²) in [5.74, 6) is 0.111. The van der Waals surface area contributed by atoms with Crippen molar-refractivity contribution in [3.8, 4) is 11.8 Å². The molecule has 0 radical (unpaired) electrons. The minimum atomic E-state index is 0.00542. The minimum absolute atomic E-state index is 0.00542. The number of aromatic hydroxyl groups is 1. The highest BCUT2D eigenvalue weighted by atomic mass is 16.3. The number of rotatable bonds is 8. The SMILES string of the molecule is CC(=O)c1cc(C(C)(C)C)nn1C.CCC[C@@H](CC)N(Cc1ccccc1)c1ccc(C#N)c(O)c1. The van der Waals surface area contributed by atoms with Crippen molar-refractivity contribution in [1.29, 1.82) is 5.26 Å². The Morgan fingerprint density at radius 1 is 1.14 bits per heavy atom. The van der Waals surface area contributed by atoms with Crippen LogP contribution in [0, 0.1) is 11.3 Å². The summed E-state index contributed by atoms with van der Waals surface area (Å²) in [5.41, 5.74) is 4.16. The van der Waals surface area contributed by atoms with Crippen LogP contribution >= 0.6 is 0 Å². The summed E-state index contributed by atoms with van der Waals surface area (Å²) < 4.78 is 1.64. The number of aryl methyl sites for hydroxylation is 1. The molecule has 0 saturated carbocycles. The first-order valence-corrected chi connectivity index (χ1v) is 12.6. The fourth-order valence-electron chi connectivity index (χ4n) is 4.08. The van der Waals surface area contributed by atoms with E-state index in [1.807, 2.05) is 36.4 Å². The highest BCUT2D eigenvalue weighted by molar-refractivity contribution is 5.92. The lowest BCUT2D eigenvalue weighted by atomic mass is 9.92. The lowest BCUT2D eigenvalue weighted by Gasteiger charge is -2.33. The lowest BCUT2D eigenvalue weighted by molar-refractivity contribution is 0.100. The zero-order valence-corrected chi connectivity index (χ0v) is 22.7. The molecule has 0 saturated heterocycles. The van der Waals surface area contributed by atoms with Crippen LogP contribution in [-0.4, -0.2) is 26.7 Å². The fraction of sp³-hybridized carbons (Fsp3) is 0.433. The van der Waals surface area contributed by atoms with Crippen LogP contribution < -0.4 is 4.90 Å². The number of anilines is 1. The van der Waals surface area contributed by atoms with Gasteiger partial charge in [-0.3, -0.25) is 9.48 Å². The third kappa shape index (κ3) is 7.71. The number of carbonyl (C=O) groups is 1. The molecule has 0 bridgehead atoms. The van der Waals surface area contributed by atoms with Gasteiger partial charge in [0, 0.05) is 43.7 Å². The molecule has 1 N–H and O–H groups in total. The third-order valence-corrected chi connectivity index (χ3v) is 6.17. The number of carbonyl (C=O) groups excluding carboxylic acids is 1. The third-order valence-electron chi connectivity index (χ3n) is 6.17. The van der Waals surface area contributed by atoms with E-state index >= 15 is 0 Å². The number of phenols is 1. The van der Waals surface area contributed by atoms with Gasteiger partial charge in [-0.05, 0) is 36.6 Å². The standard InChI is InChI=1S/C20H24N2O.C10H16N2O/c1-3-8-18(4-2)22(15-16-9-6-5-7-10-16)19-12-11-17(14-21)20(23)13-19;1-7(13)8-6-9(10(2,3)4)11-12(8)5/h5-7,9-13,18,23H,3-4,8,15H2,1-2H3;6H,1-5H3/t18-;/m1./s1. The number of hydrogen-bond donors (Lipinski definition) is 1. The molecule has 0 amide bonds. The molecule has 192 valence electrons. The topological polar surface area (TPSA) is 82.2 Å². The summed E-state index contributed by atoms with van der Waals surface area (Å²) in [5, 5.41) is 23.3. The Morgan fingerprint density at radius 3 is 2.25 bits per heavy atom. The maximum absolute atomic E-state index is 11.1. The highest BCUT2D eigenvalue weighted by Gasteiger charge is 2.20. The number of hydrogen-bond acceptors (Lipinski definition) is 5. The quantitative estimate of drug-likeness (QED) is 0.354. The summed E-state index contributed by atoms with van der Waals surface area (Å²) in [6, 6.07) is 20.0. The molecule has 1 atom stereocenters. The number of phenolic OH excluding ortho intramolecular Hbond substituents is 1. The van der Waals surface area contributed by atoms with Gasteiger partial charge in [-0.15, -0.1) is 0 Å². The molecule has 1 aromatic heterocycles. The van der Waals surface area contributed by atoms with Crippen LogP contribution in [0.25, 0.3) is 0 Å². The summed E-state index contributed by atoms with van der Waals surface area (Å²) in [4.78, 5) is 13.5. The van der Waals surface area contributed by atoms with E-state index in [0.717, 1.165) is 37.2 Å². The van der Waals surface area contributed by atoms with Gasteiger partial charge in [-0.25, -0.2) is 0 Å². The van der Waals surface area contributed by atoms with Crippen molar-refractivity contribution >= 4 is 11.5 Å². The second-order valence-electron chi connectivity index (χ2n) is 10.1. The Morgan fingerprint density at radius 2 is 1.81 bits per heavy atom. The number of nitrogens with zero attached hydrogens (tertiary/aromatic N) is 4. The number of Topliss-reactive ketones (excluding diaryl/α,β-unsaturated/α-hetero) is 1. The van der Waals surface area contributed by atoms with Gasteiger partial charge >= 0.3 is 0 Å². The van der Waals surface area contributed by atoms with Gasteiger partial charge in [-0.2, -0.15) is 10.4 Å². The molecule has 0 aliphatic rings. The van der Waals surface area contributed by atoms with Crippen LogP contribution in [0.3, 0.4) is 0 Å². The first kappa shape index (κ1) is 28.6. The molecule has 2 aromatic carbocycles. The number of aromatic nitrogens is 2. The first-order chi connectivity index (χ1) is 17.0. The van der Waals surface area contributed by atoms with E-state index < -0.39 is 0 Å². The van der Waals surface area contributed by atoms with Crippen molar-refractivity contribution in [3.05, 3.63) is 77.1 Å². The Labute approximate surface area is 216 Å². The van der Waals surface area contributed by atoms with Crippen molar-refractivity contribution in [2.75, 3.05) is 4.90 Å². The molecule has 36 heavy (non-hydrogen) atoms. The van der Waals surface area contributed by atoms with Crippen LogP contribution in [0.4, 0.5) is 5.69 Å². The van der Waals surface area contributed by atoms with E-state index in [4.69, 9.17) is 5.26 Å². The smallest absolute Gasteiger partial charge is 0.177 e. The maximum atomic E-state index is 11.1. The average Bonchev–Trinajstić information content (AvgIpc) is 3.25. The predicted molar refractivity (Wildman–Crippen MR) is 146 cm³/mol. The van der Waals surface area contributed by atoms with Crippen LogP contribution in [0.15, 0.2) is 54.6 Å². The van der Waals surface area contributed by atoms with Crippen LogP contribution in [0.1, 0.15) is 88.1 Å². The van der Waals surface area contributed by atoms with Crippen molar-refractivity contribution in [1.82, 2.24) is 9.78 Å². The molecule has 0 unspecified atom stereocenters. The van der Waals surface area contributed by atoms with Gasteiger partial charge in [0.25, 0.3) is 0 Å². The van der Waals surface area contributed by atoms with Gasteiger partial charge in [0.2, 0.25) is 0 Å². The van der Waals surface area contributed by atoms with Gasteiger partial charge < -0.3 is 10.0 Å². The molecule has 0 fully saturated rings. The molecule has 0 aliphatic heterocycles. The van der Waals surface area contributed by atoms with E-state index in [1.165, 1.54) is 5.56 Å². The zero-order valence-electron chi connectivity index (χ0n) is 22.7. The summed E-state index contributed by atoms with van der Waals surface area (Å²) in [6.45, 7) is 13.0. The molecule has 3 aromatic rings. The van der Waals surface area contributed by atoms with E-state index in [0.29, 0.717) is 17.3 Å². The van der Waals surface area contributed by atoms with E-state index in [1.54, 1.807) is 30.8 Å². The number of benzene rings is 2. The van der Waals surface area contributed by atoms with E-state index in [2.05, 4.69) is 56.8 Å². The number of nitriles is 1. The Kier molecular flexibility index (Phi) is 10.3. The normalized spacial score (nSPS) is 11.7. The van der Waals surface area contributed by atoms with Crippen molar-refractivity contribution in [3.63, 3.8) is 0 Å². The number of ketones is 1. The maximum Gasteiger partial charge on any atom is 0.177 e. The van der Waals surface area contributed by atoms with Gasteiger partial charge in [0.1, 0.15) is 17.5 Å². The Hall–Kier alpha value is -3.59. The molecule has 6 nitrogen and oxygen atoms in total. The Balaban J connectivity index is 0.000000297. The largest absolute Gasteiger partial charge is 0.506 e.